The summed E-state index contributed by atoms with van der Waals surface area (Å²) in [5.41, 5.74) is 20.3. The van der Waals surface area contributed by atoms with E-state index in [9.17, 15) is 0 Å². The van der Waals surface area contributed by atoms with Gasteiger partial charge in [-0.1, -0.05) is 255 Å². The Bertz CT molecular complexity index is 6210. The van der Waals surface area contributed by atoms with E-state index in [2.05, 4.69) is 313 Å². The van der Waals surface area contributed by atoms with Crippen molar-refractivity contribution in [3.05, 3.63) is 301 Å². The van der Waals surface area contributed by atoms with Crippen molar-refractivity contribution in [3.63, 3.8) is 0 Å². The van der Waals surface area contributed by atoms with Gasteiger partial charge < -0.3 is 9.13 Å². The Balaban J connectivity index is 0.000000132. The lowest BCUT2D eigenvalue weighted by atomic mass is 9.72. The highest BCUT2D eigenvalue weighted by atomic mass is 15.0. The largest absolute Gasteiger partial charge is 0.309 e. The molecule has 2 aliphatic rings. The second kappa shape index (κ2) is 19.9. The Morgan fingerprint density at radius 1 is 0.344 bits per heavy atom. The van der Waals surface area contributed by atoms with E-state index in [4.69, 9.17) is 0 Å². The molecule has 0 aliphatic heterocycles. The van der Waals surface area contributed by atoms with E-state index in [0.29, 0.717) is 0 Å². The molecule has 2 heterocycles. The molecule has 0 saturated carbocycles. The number of hydrogen-bond acceptors (Lipinski definition) is 0. The highest BCUT2D eigenvalue weighted by Gasteiger charge is 2.43. The Morgan fingerprint density at radius 2 is 0.849 bits per heavy atom. The number of rotatable bonds is 3. The molecule has 0 radical (unpaired) electrons. The summed E-state index contributed by atoms with van der Waals surface area (Å²) in [7, 11) is 0. The Kier molecular flexibility index (Phi) is 11.8. The topological polar surface area (TPSA) is 9.86 Å². The van der Waals surface area contributed by atoms with Gasteiger partial charge in [0.05, 0.1) is 22.1 Å². The molecule has 0 amide bonds. The van der Waals surface area contributed by atoms with E-state index in [1.165, 1.54) is 191 Å². The fourth-order valence-corrected chi connectivity index (χ4v) is 17.5. The van der Waals surface area contributed by atoms with E-state index < -0.39 is 0 Å². The van der Waals surface area contributed by atoms with Gasteiger partial charge in [-0.05, 0) is 199 Å². The number of fused-ring (bicyclic) bond motifs is 20. The van der Waals surface area contributed by atoms with E-state index >= 15 is 0 Å². The van der Waals surface area contributed by atoms with Gasteiger partial charge in [0.2, 0.25) is 0 Å². The number of hydrogen-bond donors (Lipinski definition) is 0. The summed E-state index contributed by atoms with van der Waals surface area (Å²) in [5.74, 6) is 0. The first-order valence-corrected chi connectivity index (χ1v) is 33.1. The van der Waals surface area contributed by atoms with Crippen LogP contribution in [0.3, 0.4) is 0 Å². The maximum Gasteiger partial charge on any atom is 0.0626 e. The monoisotopic (exact) mass is 1190 g/mol. The molecule has 0 N–H and O–H groups in total. The van der Waals surface area contributed by atoms with Gasteiger partial charge in [-0.15, -0.1) is 0 Å². The van der Waals surface area contributed by atoms with Crippen LogP contribution in [0.4, 0.5) is 0 Å². The SMILES string of the molecule is C=C/C=C\C.CC(C)(C)c1cc2c3c(cc4c5c(c6cccc1c6c24)-c1ccccc1C5(C)C)-c1ccccc1C3(C)C.c1ccc(-n2c3cc4ccccc4cc3c3cc4c5c(ccc6cccc(c65)c5c6cc7ccccc7cc6n(-c6ccccc6)c45)c32)cc1. The summed E-state index contributed by atoms with van der Waals surface area (Å²) < 4.78 is 5.03. The highest BCUT2D eigenvalue weighted by Crippen LogP contribution is 2.61. The molecule has 18 aromatic rings. The normalized spacial score (nSPS) is 14.0. The van der Waals surface area contributed by atoms with E-state index in [1.807, 2.05) is 19.1 Å². The van der Waals surface area contributed by atoms with E-state index in [1.54, 1.807) is 6.08 Å². The van der Waals surface area contributed by atoms with Gasteiger partial charge in [-0.25, -0.2) is 0 Å². The van der Waals surface area contributed by atoms with Crippen molar-refractivity contribution in [1.82, 2.24) is 9.13 Å². The Hall–Kier alpha value is -10.8. The fraction of sp³-hybridized carbons (Fsp3) is 0.121. The van der Waals surface area contributed by atoms with Crippen LogP contribution in [0.2, 0.25) is 0 Å². The van der Waals surface area contributed by atoms with Crippen LogP contribution in [0.5, 0.6) is 0 Å². The molecule has 16 aromatic carbocycles. The molecule has 0 fully saturated rings. The van der Waals surface area contributed by atoms with Crippen LogP contribution < -0.4 is 0 Å². The lowest BCUT2D eigenvalue weighted by Crippen LogP contribution is -2.18. The predicted molar refractivity (Wildman–Crippen MR) is 403 cm³/mol. The number of allylic oxidation sites excluding steroid dienone is 3. The van der Waals surface area contributed by atoms with Gasteiger partial charge in [0.15, 0.2) is 0 Å². The number of benzene rings is 16. The lowest BCUT2D eigenvalue weighted by Gasteiger charge is -2.30. The molecule has 0 atom stereocenters. The third-order valence-corrected chi connectivity index (χ3v) is 21.3. The molecule has 0 unspecified atom stereocenters. The molecular formula is C91H70N2. The average molecular weight is 1190 g/mol. The van der Waals surface area contributed by atoms with E-state index in [0.717, 1.165) is 0 Å². The first kappa shape index (κ1) is 55.1. The van der Waals surface area contributed by atoms with Crippen LogP contribution in [0.1, 0.15) is 83.2 Å². The minimum absolute atomic E-state index is 0.0345. The molecule has 444 valence electrons. The quantitative estimate of drug-likeness (QED) is 0.123. The van der Waals surface area contributed by atoms with Crippen LogP contribution in [-0.2, 0) is 16.2 Å². The van der Waals surface area contributed by atoms with Gasteiger partial charge in [0.25, 0.3) is 0 Å². The van der Waals surface area contributed by atoms with Crippen molar-refractivity contribution in [2.45, 2.75) is 71.6 Å². The van der Waals surface area contributed by atoms with Crippen LogP contribution in [0, 0.1) is 0 Å². The predicted octanol–water partition coefficient (Wildman–Crippen LogP) is 25.3. The number of para-hydroxylation sites is 2. The van der Waals surface area contributed by atoms with Crippen LogP contribution in [0.25, 0.3) is 163 Å². The second-order valence-electron chi connectivity index (χ2n) is 28.2. The fourth-order valence-electron chi connectivity index (χ4n) is 17.5. The van der Waals surface area contributed by atoms with Gasteiger partial charge in [-0.3, -0.25) is 0 Å². The van der Waals surface area contributed by atoms with Crippen molar-refractivity contribution >= 4 is 130 Å². The van der Waals surface area contributed by atoms with Crippen molar-refractivity contribution in [2.24, 2.45) is 0 Å². The highest BCUT2D eigenvalue weighted by molar-refractivity contribution is 6.42. The molecular weight excluding hydrogens is 1120 g/mol. The molecule has 2 aromatic heterocycles. The molecule has 2 aliphatic carbocycles. The summed E-state index contributed by atoms with van der Waals surface area (Å²) in [6.45, 7) is 22.2. The minimum atomic E-state index is -0.0662. The van der Waals surface area contributed by atoms with Gasteiger partial charge in [-0.2, -0.15) is 0 Å². The van der Waals surface area contributed by atoms with E-state index in [-0.39, 0.29) is 16.2 Å². The first-order valence-electron chi connectivity index (χ1n) is 33.1. The molecule has 0 bridgehead atoms. The van der Waals surface area contributed by atoms with Crippen LogP contribution in [-0.4, -0.2) is 9.13 Å². The maximum absolute atomic E-state index is 3.46. The Labute approximate surface area is 542 Å². The van der Waals surface area contributed by atoms with Gasteiger partial charge >= 0.3 is 0 Å². The van der Waals surface area contributed by atoms with Crippen molar-refractivity contribution in [1.29, 1.82) is 0 Å². The van der Waals surface area contributed by atoms with Crippen molar-refractivity contribution < 1.29 is 0 Å². The zero-order valence-electron chi connectivity index (χ0n) is 54.0. The molecule has 2 heteroatoms. The molecule has 2 nitrogen and oxygen atoms in total. The summed E-state index contributed by atoms with van der Waals surface area (Å²) in [5, 5.41) is 26.6. The summed E-state index contributed by atoms with van der Waals surface area (Å²) in [6.07, 6.45) is 5.58. The standard InChI is InChI=1S/C48H28N2.C38H34.C5H8/c1-3-17-34(18-4-1)49-42-26-32-14-9-7-12-30(32)24-38(42)39-28-41-45-37(47(39)49)23-22-29-16-11-21-36(44(29)45)46-40-25-31-13-8-10-15-33(31)27-43(40)50(48(41)46)35-19-5-2-6-20-35;1-36(2,3)30-20-27-32-26(19-25-21-13-8-10-17-28(21)37(4,5)34(25)27)35-33(24-16-12-15-23(30)31(24)32)22-14-9-11-18-29(22)38(35,6)7;1-3-5-4-2/h1-28H;8-20H,1-7H3;3-5H,1H2,2H3/b;;5-4-. The molecule has 0 saturated heterocycles. The van der Waals surface area contributed by atoms with Crippen molar-refractivity contribution in [2.75, 3.05) is 0 Å². The zero-order valence-corrected chi connectivity index (χ0v) is 54.0. The minimum Gasteiger partial charge on any atom is -0.309 e. The lowest BCUT2D eigenvalue weighted by molar-refractivity contribution is 0.596. The molecule has 93 heavy (non-hydrogen) atoms. The third kappa shape index (κ3) is 7.64. The second-order valence-corrected chi connectivity index (χ2v) is 28.2. The zero-order chi connectivity index (χ0) is 63.0. The number of nitrogens with zero attached hydrogens (tertiary/aromatic N) is 2. The Morgan fingerprint density at radius 3 is 1.49 bits per heavy atom. The summed E-state index contributed by atoms with van der Waals surface area (Å²) in [6, 6.07) is 93.4. The molecule has 0 spiro atoms. The molecule has 20 rings (SSSR count). The first-order chi connectivity index (χ1) is 45.3. The average Bonchev–Trinajstić information content (AvgIpc) is 1.59. The maximum atomic E-state index is 3.46. The van der Waals surface area contributed by atoms with Crippen LogP contribution in [0.15, 0.2) is 274 Å². The summed E-state index contributed by atoms with van der Waals surface area (Å²) >= 11 is 0. The van der Waals surface area contributed by atoms with Gasteiger partial charge in [0, 0.05) is 59.9 Å². The third-order valence-electron chi connectivity index (χ3n) is 21.3. The number of aromatic nitrogens is 2. The van der Waals surface area contributed by atoms with Crippen LogP contribution >= 0.6 is 0 Å². The van der Waals surface area contributed by atoms with Gasteiger partial charge in [0.1, 0.15) is 0 Å². The van der Waals surface area contributed by atoms with Crippen molar-refractivity contribution in [3.8, 4) is 33.6 Å². The summed E-state index contributed by atoms with van der Waals surface area (Å²) in [4.78, 5) is 0. The smallest absolute Gasteiger partial charge is 0.0626 e.